The highest BCUT2D eigenvalue weighted by Gasteiger charge is 2.33. The summed E-state index contributed by atoms with van der Waals surface area (Å²) in [6.07, 6.45) is -4.41. The summed E-state index contributed by atoms with van der Waals surface area (Å²) in [6, 6.07) is 7.78. The molecule has 0 aliphatic heterocycles. The number of benzene rings is 1. The van der Waals surface area contributed by atoms with Crippen LogP contribution >= 0.6 is 51.2 Å². The van der Waals surface area contributed by atoms with E-state index in [1.54, 1.807) is 7.05 Å². The first kappa shape index (κ1) is 21.2. The fraction of sp³-hybridized carbons (Fsp3) is 0.286. The second-order valence-corrected chi connectivity index (χ2v) is 6.39. The Balaban J connectivity index is 0.00000288. The van der Waals surface area contributed by atoms with Crippen LogP contribution in [0, 0.1) is 0 Å². The minimum atomic E-state index is -4.41. The summed E-state index contributed by atoms with van der Waals surface area (Å²) in [5, 5.41) is 7.39. The zero-order valence-corrected chi connectivity index (χ0v) is 17.3. The van der Waals surface area contributed by atoms with Gasteiger partial charge in [-0.15, -0.1) is 35.3 Å². The molecule has 24 heavy (non-hydrogen) atoms. The summed E-state index contributed by atoms with van der Waals surface area (Å²) >= 11 is 4.33. The maximum atomic E-state index is 12.5. The zero-order chi connectivity index (χ0) is 16.9. The highest BCUT2D eigenvalue weighted by molar-refractivity contribution is 14.0. The number of hydrogen-bond acceptors (Lipinski definition) is 3. The Hall–Kier alpha value is -0.880. The molecule has 2 rings (SSSR count). The van der Waals surface area contributed by atoms with Crippen LogP contribution in [-0.2, 0) is 19.3 Å². The van der Waals surface area contributed by atoms with E-state index in [2.05, 4.69) is 36.5 Å². The molecule has 0 radical (unpaired) electrons. The molecular weight excluding hydrogens is 520 g/mol. The van der Waals surface area contributed by atoms with Crippen molar-refractivity contribution < 1.29 is 13.2 Å². The Morgan fingerprint density at radius 3 is 2.38 bits per heavy atom. The van der Waals surface area contributed by atoms with Crippen LogP contribution in [0.25, 0.3) is 0 Å². The average molecular weight is 535 g/mol. The predicted octanol–water partition coefficient (Wildman–Crippen LogP) is 4.41. The molecule has 1 aromatic carbocycles. The number of rotatable bonds is 4. The fourth-order valence-corrected chi connectivity index (χ4v) is 2.70. The second-order valence-electron chi connectivity index (χ2n) is 4.53. The molecule has 0 aliphatic rings. The third-order valence-corrected chi connectivity index (χ3v) is 4.22. The summed E-state index contributed by atoms with van der Waals surface area (Å²) in [4.78, 5) is 7.59. The molecule has 2 N–H and O–H groups in total. The average Bonchev–Trinajstić information content (AvgIpc) is 2.98. The van der Waals surface area contributed by atoms with Gasteiger partial charge in [0, 0.05) is 23.4 Å². The van der Waals surface area contributed by atoms with Crippen LogP contribution in [0.4, 0.5) is 13.2 Å². The Morgan fingerprint density at radius 2 is 1.83 bits per heavy atom. The minimum Gasteiger partial charge on any atom is -0.352 e. The summed E-state index contributed by atoms with van der Waals surface area (Å²) in [5.74, 6) is 0.497. The van der Waals surface area contributed by atoms with Crippen LogP contribution in [0.2, 0.25) is 0 Å². The molecule has 0 spiro atoms. The van der Waals surface area contributed by atoms with Gasteiger partial charge in [-0.1, -0.05) is 28.1 Å². The van der Waals surface area contributed by atoms with Gasteiger partial charge in [0.25, 0.3) is 0 Å². The molecule has 0 saturated heterocycles. The number of hydrogen-bond donors (Lipinski definition) is 2. The number of aromatic nitrogens is 1. The molecule has 1 heterocycles. The van der Waals surface area contributed by atoms with Crippen LogP contribution < -0.4 is 10.6 Å². The number of nitrogens with zero attached hydrogens (tertiary/aromatic N) is 2. The normalized spacial score (nSPS) is 11.8. The minimum absolute atomic E-state index is 0. The first-order chi connectivity index (χ1) is 10.9. The van der Waals surface area contributed by atoms with E-state index in [1.165, 1.54) is 0 Å². The number of thiazole rings is 1. The van der Waals surface area contributed by atoms with Crippen LogP contribution in [-0.4, -0.2) is 18.0 Å². The standard InChI is InChI=1S/C14H14BrF3N4S.HI/c1-19-13(20-6-9-2-4-10(15)5-3-9)21-7-12-22-11(8-23-12)14(16,17)18;/h2-5,8H,6-7H2,1H3,(H2,19,20,21);1H. The van der Waals surface area contributed by atoms with Crippen molar-refractivity contribution in [2.75, 3.05) is 7.05 Å². The summed E-state index contributed by atoms with van der Waals surface area (Å²) in [5.41, 5.74) is 0.196. The topological polar surface area (TPSA) is 49.3 Å². The van der Waals surface area contributed by atoms with Crippen molar-refractivity contribution in [1.82, 2.24) is 15.6 Å². The first-order valence-corrected chi connectivity index (χ1v) is 8.26. The number of halogens is 5. The van der Waals surface area contributed by atoms with Gasteiger partial charge in [-0.05, 0) is 17.7 Å². The summed E-state index contributed by atoms with van der Waals surface area (Å²) in [7, 11) is 1.60. The van der Waals surface area contributed by atoms with E-state index in [0.29, 0.717) is 17.5 Å². The molecule has 10 heteroatoms. The van der Waals surface area contributed by atoms with Crippen molar-refractivity contribution in [1.29, 1.82) is 0 Å². The Bertz CT molecular complexity index is 673. The molecule has 0 atom stereocenters. The third-order valence-electron chi connectivity index (χ3n) is 2.85. The number of aliphatic imine (C=N–C) groups is 1. The van der Waals surface area contributed by atoms with Crippen LogP contribution in [0.15, 0.2) is 39.1 Å². The maximum Gasteiger partial charge on any atom is 0.434 e. The Morgan fingerprint density at radius 1 is 1.21 bits per heavy atom. The van der Waals surface area contributed by atoms with Gasteiger partial charge in [0.2, 0.25) is 0 Å². The van der Waals surface area contributed by atoms with E-state index in [4.69, 9.17) is 0 Å². The second kappa shape index (κ2) is 9.56. The lowest BCUT2D eigenvalue weighted by molar-refractivity contribution is -0.140. The highest BCUT2D eigenvalue weighted by Crippen LogP contribution is 2.29. The van der Waals surface area contributed by atoms with Crippen molar-refractivity contribution >= 4 is 57.2 Å². The molecule has 0 saturated carbocycles. The molecular formula is C14H15BrF3IN4S. The van der Waals surface area contributed by atoms with Crippen molar-refractivity contribution in [3.63, 3.8) is 0 Å². The van der Waals surface area contributed by atoms with Crippen molar-refractivity contribution in [2.24, 2.45) is 4.99 Å². The lowest BCUT2D eigenvalue weighted by Gasteiger charge is -2.11. The zero-order valence-electron chi connectivity index (χ0n) is 12.5. The van der Waals surface area contributed by atoms with Gasteiger partial charge in [0.05, 0.1) is 6.54 Å². The molecule has 0 aliphatic carbocycles. The molecule has 0 amide bonds. The van der Waals surface area contributed by atoms with Gasteiger partial charge in [-0.2, -0.15) is 13.2 Å². The van der Waals surface area contributed by atoms with Crippen LogP contribution in [0.1, 0.15) is 16.3 Å². The highest BCUT2D eigenvalue weighted by atomic mass is 127. The Labute approximate surface area is 167 Å². The molecule has 4 nitrogen and oxygen atoms in total. The van der Waals surface area contributed by atoms with Gasteiger partial charge in [0.1, 0.15) is 5.01 Å². The van der Waals surface area contributed by atoms with Gasteiger partial charge < -0.3 is 10.6 Å². The largest absolute Gasteiger partial charge is 0.434 e. The van der Waals surface area contributed by atoms with Gasteiger partial charge in [0.15, 0.2) is 11.7 Å². The monoisotopic (exact) mass is 534 g/mol. The molecule has 132 valence electrons. The van der Waals surface area contributed by atoms with Gasteiger partial charge in [-0.25, -0.2) is 4.98 Å². The third kappa shape index (κ3) is 6.55. The van der Waals surface area contributed by atoms with Crippen LogP contribution in [0.5, 0.6) is 0 Å². The Kier molecular flexibility index (Phi) is 8.43. The SMILES string of the molecule is CN=C(NCc1ccc(Br)cc1)NCc1nc(C(F)(F)F)cs1.I. The number of alkyl halides is 3. The van der Waals surface area contributed by atoms with E-state index in [0.717, 1.165) is 26.8 Å². The van der Waals surface area contributed by atoms with E-state index >= 15 is 0 Å². The molecule has 0 bridgehead atoms. The van der Waals surface area contributed by atoms with E-state index < -0.39 is 11.9 Å². The van der Waals surface area contributed by atoms with E-state index in [-0.39, 0.29) is 30.5 Å². The number of nitrogens with one attached hydrogen (secondary N) is 2. The molecule has 2 aromatic rings. The summed E-state index contributed by atoms with van der Waals surface area (Å²) in [6.45, 7) is 0.735. The maximum absolute atomic E-state index is 12.5. The molecule has 1 aromatic heterocycles. The summed E-state index contributed by atoms with van der Waals surface area (Å²) < 4.78 is 38.5. The van der Waals surface area contributed by atoms with E-state index in [1.807, 2.05) is 24.3 Å². The number of guanidine groups is 1. The predicted molar refractivity (Wildman–Crippen MR) is 104 cm³/mol. The van der Waals surface area contributed by atoms with E-state index in [9.17, 15) is 13.2 Å². The quantitative estimate of drug-likeness (QED) is 0.347. The van der Waals surface area contributed by atoms with Crippen molar-refractivity contribution in [3.8, 4) is 0 Å². The fourth-order valence-electron chi connectivity index (χ4n) is 1.69. The smallest absolute Gasteiger partial charge is 0.352 e. The first-order valence-electron chi connectivity index (χ1n) is 6.59. The van der Waals surface area contributed by atoms with Crippen molar-refractivity contribution in [3.05, 3.63) is 50.4 Å². The lowest BCUT2D eigenvalue weighted by Crippen LogP contribution is -2.36. The molecule has 0 fully saturated rings. The van der Waals surface area contributed by atoms with Crippen molar-refractivity contribution in [2.45, 2.75) is 19.3 Å². The van der Waals surface area contributed by atoms with Gasteiger partial charge in [-0.3, -0.25) is 4.99 Å². The molecule has 0 unspecified atom stereocenters. The lowest BCUT2D eigenvalue weighted by atomic mass is 10.2. The van der Waals surface area contributed by atoms with Gasteiger partial charge >= 0.3 is 6.18 Å². The van der Waals surface area contributed by atoms with Crippen LogP contribution in [0.3, 0.4) is 0 Å².